The number of hydrogen-bond acceptors (Lipinski definition) is 5. The predicted octanol–water partition coefficient (Wildman–Crippen LogP) is 4.58. The van der Waals surface area contributed by atoms with Gasteiger partial charge in [0.15, 0.2) is 10.8 Å². The molecule has 8 heteroatoms. The molecule has 0 aliphatic carbocycles. The highest BCUT2D eigenvalue weighted by atomic mass is 35.5. The fourth-order valence-corrected chi connectivity index (χ4v) is 3.96. The summed E-state index contributed by atoms with van der Waals surface area (Å²) >= 11 is 7.28. The lowest BCUT2D eigenvalue weighted by molar-refractivity contribution is -0.113. The zero-order chi connectivity index (χ0) is 19.7. The average Bonchev–Trinajstić information content (AvgIpc) is 3.09. The van der Waals surface area contributed by atoms with Gasteiger partial charge in [-0.1, -0.05) is 29.4 Å². The number of carbonyl (C=O) groups is 1. The van der Waals surface area contributed by atoms with Crippen molar-refractivity contribution < 1.29 is 9.53 Å². The summed E-state index contributed by atoms with van der Waals surface area (Å²) in [5, 5.41) is 13.7. The maximum Gasteiger partial charge on any atom is 0.234 e. The van der Waals surface area contributed by atoms with Crippen LogP contribution in [-0.4, -0.2) is 33.4 Å². The Bertz CT molecular complexity index is 1190. The maximum absolute atomic E-state index is 12.3. The molecule has 0 atom stereocenters. The normalized spacial score (nSPS) is 11.1. The minimum atomic E-state index is -0.141. The number of amides is 1. The Labute approximate surface area is 170 Å². The molecule has 0 bridgehead atoms. The molecule has 6 nitrogen and oxygen atoms in total. The number of rotatable bonds is 5. The van der Waals surface area contributed by atoms with E-state index in [0.717, 1.165) is 27.9 Å². The molecule has 2 aromatic heterocycles. The second-order valence-corrected chi connectivity index (χ2v) is 7.61. The number of nitrogens with one attached hydrogen (secondary N) is 1. The van der Waals surface area contributed by atoms with Crippen LogP contribution in [0.15, 0.2) is 53.7 Å². The molecule has 4 rings (SSSR count). The molecule has 1 amide bonds. The Morgan fingerprint density at radius 2 is 2.07 bits per heavy atom. The predicted molar refractivity (Wildman–Crippen MR) is 113 cm³/mol. The number of hydrogen-bond donors (Lipinski definition) is 1. The number of thioether (sulfide) groups is 1. The highest BCUT2D eigenvalue weighted by Crippen LogP contribution is 2.28. The zero-order valence-corrected chi connectivity index (χ0v) is 16.8. The van der Waals surface area contributed by atoms with Crippen LogP contribution in [0.3, 0.4) is 0 Å². The van der Waals surface area contributed by atoms with Crippen LogP contribution in [0.2, 0.25) is 5.02 Å². The van der Waals surface area contributed by atoms with Crippen molar-refractivity contribution in [3.05, 3.63) is 59.1 Å². The third-order valence-corrected chi connectivity index (χ3v) is 5.48. The minimum absolute atomic E-state index is 0.141. The number of benzene rings is 2. The summed E-state index contributed by atoms with van der Waals surface area (Å²) in [4.78, 5) is 12.3. The van der Waals surface area contributed by atoms with Crippen molar-refractivity contribution in [1.29, 1.82) is 0 Å². The molecule has 0 fully saturated rings. The monoisotopic (exact) mass is 412 g/mol. The van der Waals surface area contributed by atoms with E-state index in [1.165, 1.54) is 11.8 Å². The first kappa shape index (κ1) is 18.6. The van der Waals surface area contributed by atoms with E-state index in [1.807, 2.05) is 35.6 Å². The number of aromatic nitrogens is 3. The number of carbonyl (C=O) groups excluding carboxylic acids is 1. The minimum Gasteiger partial charge on any atom is -0.497 e. The van der Waals surface area contributed by atoms with Crippen molar-refractivity contribution in [2.75, 3.05) is 18.2 Å². The topological polar surface area (TPSA) is 68.5 Å². The molecule has 0 aliphatic rings. The third-order valence-electron chi connectivity index (χ3n) is 4.32. The van der Waals surface area contributed by atoms with E-state index in [0.29, 0.717) is 15.9 Å². The second kappa shape index (κ2) is 7.69. The number of aryl methyl sites for hydroxylation is 1. The van der Waals surface area contributed by atoms with E-state index >= 15 is 0 Å². The summed E-state index contributed by atoms with van der Waals surface area (Å²) in [6.07, 6.45) is 0. The van der Waals surface area contributed by atoms with Crippen LogP contribution in [0.5, 0.6) is 5.75 Å². The lowest BCUT2D eigenvalue weighted by Crippen LogP contribution is -2.14. The number of methoxy groups -OCH3 is 1. The first-order valence-electron chi connectivity index (χ1n) is 8.56. The van der Waals surface area contributed by atoms with Gasteiger partial charge in [0.05, 0.1) is 18.4 Å². The molecule has 2 aromatic carbocycles. The van der Waals surface area contributed by atoms with E-state index in [4.69, 9.17) is 16.3 Å². The number of anilines is 1. The largest absolute Gasteiger partial charge is 0.497 e. The number of ether oxygens (including phenoxy) is 1. The quantitative estimate of drug-likeness (QED) is 0.486. The summed E-state index contributed by atoms with van der Waals surface area (Å²) in [5.41, 5.74) is 3.44. The van der Waals surface area contributed by atoms with Crippen LogP contribution in [0.25, 0.3) is 16.6 Å². The number of fused-ring (bicyclic) bond motifs is 3. The van der Waals surface area contributed by atoms with Gasteiger partial charge >= 0.3 is 0 Å². The van der Waals surface area contributed by atoms with Gasteiger partial charge in [-0.2, -0.15) is 0 Å². The first-order valence-corrected chi connectivity index (χ1v) is 9.92. The summed E-state index contributed by atoms with van der Waals surface area (Å²) in [6, 6.07) is 14.9. The molecule has 0 unspecified atom stereocenters. The molecule has 28 heavy (non-hydrogen) atoms. The van der Waals surface area contributed by atoms with E-state index in [1.54, 1.807) is 31.4 Å². The standard InChI is InChI=1S/C20H17ClN4O2S/c1-12-8-18-23-24-20(25(18)17-10-15(27-2)6-7-16(12)17)28-11-19(26)22-14-5-3-4-13(21)9-14/h3-10H,11H2,1-2H3,(H,22,26). The third kappa shape index (κ3) is 3.63. The second-order valence-electron chi connectivity index (χ2n) is 6.23. The van der Waals surface area contributed by atoms with Crippen molar-refractivity contribution in [2.45, 2.75) is 12.1 Å². The van der Waals surface area contributed by atoms with E-state index in [-0.39, 0.29) is 11.7 Å². The van der Waals surface area contributed by atoms with E-state index in [9.17, 15) is 4.79 Å². The fourth-order valence-electron chi connectivity index (χ4n) is 3.02. The number of pyridine rings is 1. The molecule has 142 valence electrons. The lowest BCUT2D eigenvalue weighted by atomic mass is 10.1. The van der Waals surface area contributed by atoms with Gasteiger partial charge < -0.3 is 10.1 Å². The van der Waals surface area contributed by atoms with Gasteiger partial charge in [0.25, 0.3) is 0 Å². The summed E-state index contributed by atoms with van der Waals surface area (Å²) < 4.78 is 7.31. The van der Waals surface area contributed by atoms with E-state index < -0.39 is 0 Å². The van der Waals surface area contributed by atoms with Crippen LogP contribution in [0.4, 0.5) is 5.69 Å². The van der Waals surface area contributed by atoms with Crippen molar-refractivity contribution >= 4 is 51.5 Å². The van der Waals surface area contributed by atoms with Gasteiger partial charge in [0, 0.05) is 22.2 Å². The molecule has 0 saturated carbocycles. The smallest absolute Gasteiger partial charge is 0.234 e. The van der Waals surface area contributed by atoms with Crippen molar-refractivity contribution in [1.82, 2.24) is 14.6 Å². The molecular weight excluding hydrogens is 396 g/mol. The Morgan fingerprint density at radius 3 is 2.86 bits per heavy atom. The van der Waals surface area contributed by atoms with Gasteiger partial charge in [-0.05, 0) is 48.9 Å². The van der Waals surface area contributed by atoms with Gasteiger partial charge in [0.2, 0.25) is 5.91 Å². The summed E-state index contributed by atoms with van der Waals surface area (Å²) in [5.74, 6) is 0.813. The summed E-state index contributed by atoms with van der Waals surface area (Å²) in [7, 11) is 1.64. The number of nitrogens with zero attached hydrogens (tertiary/aromatic N) is 3. The van der Waals surface area contributed by atoms with Crippen molar-refractivity contribution in [2.24, 2.45) is 0 Å². The van der Waals surface area contributed by atoms with Crippen molar-refractivity contribution in [3.63, 3.8) is 0 Å². The van der Waals surface area contributed by atoms with Crippen LogP contribution in [-0.2, 0) is 4.79 Å². The Morgan fingerprint density at radius 1 is 1.21 bits per heavy atom. The van der Waals surface area contributed by atoms with Gasteiger partial charge in [-0.25, -0.2) is 0 Å². The van der Waals surface area contributed by atoms with Crippen molar-refractivity contribution in [3.8, 4) is 5.75 Å². The van der Waals surface area contributed by atoms with Crippen LogP contribution in [0, 0.1) is 6.92 Å². The SMILES string of the molecule is COc1ccc2c(C)cc3nnc(SCC(=O)Nc4cccc(Cl)c4)n3c2c1. The fraction of sp³-hybridized carbons (Fsp3) is 0.150. The molecule has 2 heterocycles. The van der Waals surface area contributed by atoms with E-state index in [2.05, 4.69) is 15.5 Å². The maximum atomic E-state index is 12.3. The molecule has 0 spiro atoms. The van der Waals surface area contributed by atoms with Crippen LogP contribution < -0.4 is 10.1 Å². The Balaban J connectivity index is 1.62. The Hall–Kier alpha value is -2.77. The average molecular weight is 413 g/mol. The molecule has 0 radical (unpaired) electrons. The summed E-state index contributed by atoms with van der Waals surface area (Å²) in [6.45, 7) is 2.04. The van der Waals surface area contributed by atoms with Gasteiger partial charge in [-0.15, -0.1) is 10.2 Å². The zero-order valence-electron chi connectivity index (χ0n) is 15.3. The highest BCUT2D eigenvalue weighted by molar-refractivity contribution is 7.99. The van der Waals surface area contributed by atoms with Crippen LogP contribution in [0.1, 0.15) is 5.56 Å². The molecule has 1 N–H and O–H groups in total. The van der Waals surface area contributed by atoms with Crippen LogP contribution >= 0.6 is 23.4 Å². The first-order chi connectivity index (χ1) is 13.5. The molecular formula is C20H17ClN4O2S. The van der Waals surface area contributed by atoms with Gasteiger partial charge in [-0.3, -0.25) is 9.20 Å². The Kier molecular flexibility index (Phi) is 5.11. The lowest BCUT2D eigenvalue weighted by Gasteiger charge is -2.09. The molecule has 0 saturated heterocycles. The molecule has 0 aliphatic heterocycles. The molecule has 4 aromatic rings. The highest BCUT2D eigenvalue weighted by Gasteiger charge is 2.14. The van der Waals surface area contributed by atoms with Gasteiger partial charge in [0.1, 0.15) is 5.75 Å². The number of halogens is 1.